The fourth-order valence-electron chi connectivity index (χ4n) is 3.74. The number of Topliss-reactive ketones (excluding diaryl/α,β-unsaturated/α-hetero) is 1. The van der Waals surface area contributed by atoms with Crippen LogP contribution in [0.15, 0.2) is 23.3 Å². The lowest BCUT2D eigenvalue weighted by molar-refractivity contribution is -0.393. The Labute approximate surface area is 148 Å². The van der Waals surface area contributed by atoms with E-state index in [4.69, 9.17) is 0 Å². The first kappa shape index (κ1) is 17.9. The van der Waals surface area contributed by atoms with Crippen molar-refractivity contribution < 1.29 is 19.7 Å². The number of benzene rings is 1. The molecule has 0 aromatic heterocycles. The number of carbonyl (C=O) groups excluding carboxylic acids is 1. The normalized spacial score (nSPS) is 27.0. The second-order valence-electron chi connectivity index (χ2n) is 6.54. The minimum atomic E-state index is -0.975. The van der Waals surface area contributed by atoms with Crippen LogP contribution in [0, 0.1) is 32.1 Å². The largest absolute Gasteiger partial charge is 0.385 e. The Balaban J connectivity index is 1.81. The summed E-state index contributed by atoms with van der Waals surface area (Å²) in [6, 6.07) is 3.30. The van der Waals surface area contributed by atoms with Crippen molar-refractivity contribution in [3.05, 3.63) is 38.4 Å². The van der Waals surface area contributed by atoms with Crippen molar-refractivity contribution in [3.8, 4) is 0 Å². The quantitative estimate of drug-likeness (QED) is 0.603. The molecule has 1 aromatic rings. The zero-order valence-electron chi connectivity index (χ0n) is 13.8. The number of aliphatic hydroxyl groups excluding tert-OH is 1. The molecule has 10 heteroatoms. The predicted molar refractivity (Wildman–Crippen MR) is 91.9 cm³/mol. The molecule has 2 aliphatic rings. The highest BCUT2D eigenvalue weighted by Gasteiger charge is 2.41. The van der Waals surface area contributed by atoms with Gasteiger partial charge < -0.3 is 5.11 Å². The Bertz CT molecular complexity index is 793. The average molecular weight is 362 g/mol. The van der Waals surface area contributed by atoms with Crippen LogP contribution >= 0.6 is 0 Å². The number of hydrogen-bond donors (Lipinski definition) is 2. The maximum Gasteiger partial charge on any atom is 0.301 e. The molecule has 2 saturated carbocycles. The Morgan fingerprint density at radius 2 is 1.92 bits per heavy atom. The summed E-state index contributed by atoms with van der Waals surface area (Å²) in [7, 11) is 0. The molecular weight excluding hydrogens is 344 g/mol. The topological polar surface area (TPSA) is 148 Å². The second-order valence-corrected chi connectivity index (χ2v) is 6.54. The second kappa shape index (κ2) is 7.16. The van der Waals surface area contributed by atoms with E-state index in [1.165, 1.54) is 12.1 Å². The maximum absolute atomic E-state index is 11.6. The highest BCUT2D eigenvalue weighted by molar-refractivity contribution is 5.92. The molecular formula is C16H18N4O6. The number of aliphatic hydroxyl groups is 1. The Hall–Kier alpha value is -2.88. The fourth-order valence-corrected chi connectivity index (χ4v) is 3.74. The molecule has 2 fully saturated rings. The minimum Gasteiger partial charge on any atom is -0.385 e. The van der Waals surface area contributed by atoms with Crippen LogP contribution in [0.4, 0.5) is 17.1 Å². The van der Waals surface area contributed by atoms with E-state index in [2.05, 4.69) is 10.5 Å². The molecule has 1 aromatic carbocycles. The molecule has 0 bridgehead atoms. The molecule has 0 radical (unpaired) electrons. The number of rotatable bonds is 5. The molecule has 0 saturated heterocycles. The zero-order valence-corrected chi connectivity index (χ0v) is 13.8. The first-order chi connectivity index (χ1) is 12.4. The number of hydrogen-bond acceptors (Lipinski definition) is 8. The molecule has 3 unspecified atom stereocenters. The lowest BCUT2D eigenvalue weighted by Crippen LogP contribution is -2.29. The molecule has 0 amide bonds. The van der Waals surface area contributed by atoms with Crippen molar-refractivity contribution in [3.63, 3.8) is 0 Å². The fraction of sp³-hybridized carbons (Fsp3) is 0.500. The Morgan fingerprint density at radius 1 is 1.15 bits per heavy atom. The zero-order chi connectivity index (χ0) is 18.8. The molecule has 10 nitrogen and oxygen atoms in total. The van der Waals surface area contributed by atoms with Gasteiger partial charge in [0, 0.05) is 30.0 Å². The Kier molecular flexibility index (Phi) is 4.94. The van der Waals surface area contributed by atoms with Gasteiger partial charge in [-0.25, -0.2) is 0 Å². The van der Waals surface area contributed by atoms with Gasteiger partial charge in [-0.3, -0.25) is 30.4 Å². The summed E-state index contributed by atoms with van der Waals surface area (Å²) in [5.41, 5.74) is 2.65. The molecule has 0 spiro atoms. The third-order valence-electron chi connectivity index (χ3n) is 5.06. The van der Waals surface area contributed by atoms with Crippen LogP contribution < -0.4 is 5.43 Å². The van der Waals surface area contributed by atoms with Crippen LogP contribution in [0.5, 0.6) is 0 Å². The number of ketones is 1. The van der Waals surface area contributed by atoms with Gasteiger partial charge in [0.2, 0.25) is 0 Å². The van der Waals surface area contributed by atoms with E-state index in [-0.39, 0.29) is 29.0 Å². The van der Waals surface area contributed by atoms with E-state index in [0.717, 1.165) is 24.6 Å². The third kappa shape index (κ3) is 3.40. The monoisotopic (exact) mass is 362 g/mol. The molecule has 3 atom stereocenters. The van der Waals surface area contributed by atoms with Crippen LogP contribution in [0.25, 0.3) is 0 Å². The lowest BCUT2D eigenvalue weighted by atomic mass is 9.87. The summed E-state index contributed by atoms with van der Waals surface area (Å²) < 4.78 is 0. The standard InChI is InChI=1S/C16H18N4O6/c21-15-7-5-11(16(15)22)10-2-1-3-12(10)17-18-13-6-4-9(19(23)24)8-14(13)20(25)26/h4,6,8,10-11,16,18,22H,1-3,5,7H2/b17-12+. The average Bonchev–Trinajstić information content (AvgIpc) is 3.19. The van der Waals surface area contributed by atoms with E-state index >= 15 is 0 Å². The van der Waals surface area contributed by atoms with Crippen LogP contribution in [0.2, 0.25) is 0 Å². The highest BCUT2D eigenvalue weighted by atomic mass is 16.6. The van der Waals surface area contributed by atoms with Gasteiger partial charge in [-0.15, -0.1) is 0 Å². The van der Waals surface area contributed by atoms with Crippen molar-refractivity contribution in [1.82, 2.24) is 0 Å². The van der Waals surface area contributed by atoms with Crippen LogP contribution in [-0.4, -0.2) is 32.6 Å². The van der Waals surface area contributed by atoms with Gasteiger partial charge in [0.05, 0.1) is 15.9 Å². The van der Waals surface area contributed by atoms with Gasteiger partial charge in [-0.05, 0) is 31.7 Å². The summed E-state index contributed by atoms with van der Waals surface area (Å²) in [4.78, 5) is 32.1. The van der Waals surface area contributed by atoms with Gasteiger partial charge >= 0.3 is 5.69 Å². The van der Waals surface area contributed by atoms with Crippen LogP contribution in [-0.2, 0) is 4.79 Å². The molecule has 2 N–H and O–H groups in total. The molecule has 2 aliphatic carbocycles. The highest BCUT2D eigenvalue weighted by Crippen LogP contribution is 2.38. The summed E-state index contributed by atoms with van der Waals surface area (Å²) in [6.07, 6.45) is 2.34. The first-order valence-electron chi connectivity index (χ1n) is 8.34. The van der Waals surface area contributed by atoms with E-state index < -0.39 is 21.6 Å². The van der Waals surface area contributed by atoms with E-state index in [9.17, 15) is 30.1 Å². The van der Waals surface area contributed by atoms with Gasteiger partial charge in [0.1, 0.15) is 11.8 Å². The molecule has 0 heterocycles. The van der Waals surface area contributed by atoms with Gasteiger partial charge in [0.15, 0.2) is 5.78 Å². The minimum absolute atomic E-state index is 0.0407. The number of non-ortho nitro benzene ring substituents is 1. The van der Waals surface area contributed by atoms with Gasteiger partial charge in [-0.2, -0.15) is 5.10 Å². The number of carbonyl (C=O) groups is 1. The number of nitro groups is 2. The van der Waals surface area contributed by atoms with Crippen molar-refractivity contribution >= 4 is 28.6 Å². The number of anilines is 1. The van der Waals surface area contributed by atoms with Crippen LogP contribution in [0.1, 0.15) is 32.1 Å². The lowest BCUT2D eigenvalue weighted by Gasteiger charge is -2.21. The van der Waals surface area contributed by atoms with E-state index in [0.29, 0.717) is 19.3 Å². The number of nitrogens with one attached hydrogen (secondary N) is 1. The summed E-state index contributed by atoms with van der Waals surface area (Å²) >= 11 is 0. The smallest absolute Gasteiger partial charge is 0.301 e. The molecule has 138 valence electrons. The molecule has 26 heavy (non-hydrogen) atoms. The summed E-state index contributed by atoms with van der Waals surface area (Å²) in [6.45, 7) is 0. The molecule has 3 rings (SSSR count). The number of nitrogens with zero attached hydrogens (tertiary/aromatic N) is 3. The molecule has 0 aliphatic heterocycles. The van der Waals surface area contributed by atoms with Crippen molar-refractivity contribution in [2.45, 2.75) is 38.2 Å². The van der Waals surface area contributed by atoms with E-state index in [1.807, 2.05) is 0 Å². The predicted octanol–water partition coefficient (Wildman–Crippen LogP) is 2.41. The van der Waals surface area contributed by atoms with Gasteiger partial charge in [0.25, 0.3) is 5.69 Å². The maximum atomic E-state index is 11.6. The third-order valence-corrected chi connectivity index (χ3v) is 5.06. The number of hydrazone groups is 1. The van der Waals surface area contributed by atoms with Crippen molar-refractivity contribution in [2.24, 2.45) is 16.9 Å². The Morgan fingerprint density at radius 3 is 2.54 bits per heavy atom. The van der Waals surface area contributed by atoms with Crippen molar-refractivity contribution in [1.29, 1.82) is 0 Å². The van der Waals surface area contributed by atoms with Crippen LogP contribution in [0.3, 0.4) is 0 Å². The van der Waals surface area contributed by atoms with Gasteiger partial charge in [-0.1, -0.05) is 0 Å². The summed E-state index contributed by atoms with van der Waals surface area (Å²) in [5, 5.41) is 36.3. The summed E-state index contributed by atoms with van der Waals surface area (Å²) in [5.74, 6) is -0.362. The SMILES string of the molecule is O=C1CCC(C2CCC/C2=N\Nc2ccc([N+](=O)[O-])cc2[N+](=O)[O-])C1O. The number of nitro benzene ring substituents is 2. The first-order valence-corrected chi connectivity index (χ1v) is 8.34. The van der Waals surface area contributed by atoms with Crippen molar-refractivity contribution in [2.75, 3.05) is 5.43 Å². The van der Waals surface area contributed by atoms with E-state index in [1.54, 1.807) is 0 Å².